The van der Waals surface area contributed by atoms with Crippen LogP contribution in [0, 0.1) is 0 Å². The minimum absolute atomic E-state index is 0.370. The van der Waals surface area contributed by atoms with Crippen LogP contribution in [0.3, 0.4) is 0 Å². The maximum atomic E-state index is 9.99. The average Bonchev–Trinajstić information content (AvgIpc) is 2.73. The molecule has 1 N–H and O–H groups in total. The van der Waals surface area contributed by atoms with Gasteiger partial charge in [0.25, 0.3) is 0 Å². The van der Waals surface area contributed by atoms with Crippen LogP contribution in [0.2, 0.25) is 0 Å². The molecule has 19 heavy (non-hydrogen) atoms. The largest absolute Gasteiger partial charge is 0.507 e. The molecule has 0 atom stereocenters. The van der Waals surface area contributed by atoms with E-state index in [2.05, 4.69) is 37.6 Å². The zero-order valence-electron chi connectivity index (χ0n) is 12.3. The Kier molecular flexibility index (Phi) is 4.25. The van der Waals surface area contributed by atoms with Crippen LogP contribution in [0.25, 0.3) is 5.57 Å². The molecule has 1 aromatic rings. The van der Waals surface area contributed by atoms with Gasteiger partial charge in [-0.2, -0.15) is 0 Å². The number of fused-ring (bicyclic) bond motifs is 1. The molecule has 1 heterocycles. The van der Waals surface area contributed by atoms with Crippen LogP contribution in [0.5, 0.6) is 5.75 Å². The third-order valence-electron chi connectivity index (χ3n) is 3.81. The second-order valence-electron chi connectivity index (χ2n) is 5.77. The van der Waals surface area contributed by atoms with Gasteiger partial charge in [0.2, 0.25) is 0 Å². The molecule has 1 aliphatic heterocycles. The fourth-order valence-electron chi connectivity index (χ4n) is 2.86. The molecule has 0 unspecified atom stereocenters. The Bertz CT molecular complexity index is 553. The van der Waals surface area contributed by atoms with Crippen molar-refractivity contribution in [1.82, 2.24) is 4.90 Å². The molecule has 0 bridgehead atoms. The Morgan fingerprint density at radius 3 is 2.53 bits per heavy atom. The molecule has 0 saturated carbocycles. The summed E-state index contributed by atoms with van der Waals surface area (Å²) in [6.07, 6.45) is 0.977. The smallest absolute Gasteiger partial charge is 0.124 e. The van der Waals surface area contributed by atoms with Crippen molar-refractivity contribution in [3.63, 3.8) is 0 Å². The van der Waals surface area contributed by atoms with Gasteiger partial charge in [-0.15, -0.1) is 0 Å². The Hall–Kier alpha value is -1.35. The molecule has 0 radical (unpaired) electrons. The topological polar surface area (TPSA) is 35.8 Å². The number of benzene rings is 1. The first-order valence-corrected chi connectivity index (χ1v) is 7.11. The summed E-state index contributed by atoms with van der Waals surface area (Å²) in [6.45, 7) is 10.7. The van der Waals surface area contributed by atoms with E-state index >= 15 is 0 Å². The summed E-state index contributed by atoms with van der Waals surface area (Å²) < 4.78 is 0. The van der Waals surface area contributed by atoms with Crippen LogP contribution in [0.1, 0.15) is 34.1 Å². The number of hydrogen-bond donors (Lipinski definition) is 1. The van der Waals surface area contributed by atoms with Crippen molar-refractivity contribution in [3.05, 3.63) is 28.8 Å². The lowest BCUT2D eigenvalue weighted by molar-refractivity contribution is 0.179. The van der Waals surface area contributed by atoms with Crippen molar-refractivity contribution in [1.29, 1.82) is 0 Å². The van der Waals surface area contributed by atoms with Gasteiger partial charge < -0.3 is 5.11 Å². The predicted molar refractivity (Wildman–Crippen MR) is 78.8 cm³/mol. The molecule has 3 nitrogen and oxygen atoms in total. The van der Waals surface area contributed by atoms with Crippen molar-refractivity contribution in [2.24, 2.45) is 4.99 Å². The fraction of sp³-hybridized carbons (Fsp3) is 0.562. The molecule has 0 fully saturated rings. The normalized spacial score (nSPS) is 14.4. The van der Waals surface area contributed by atoms with Gasteiger partial charge >= 0.3 is 0 Å². The second-order valence-corrected chi connectivity index (χ2v) is 5.77. The Morgan fingerprint density at radius 2 is 1.89 bits per heavy atom. The number of nitrogens with zero attached hydrogens (tertiary/aromatic N) is 2. The number of phenolic OH excluding ortho intramolecular Hbond substituents is 1. The van der Waals surface area contributed by atoms with E-state index in [0.717, 1.165) is 30.1 Å². The zero-order valence-corrected chi connectivity index (χ0v) is 12.3. The van der Waals surface area contributed by atoms with Gasteiger partial charge in [0, 0.05) is 23.8 Å². The van der Waals surface area contributed by atoms with E-state index in [9.17, 15) is 5.11 Å². The van der Waals surface area contributed by atoms with Crippen molar-refractivity contribution in [2.45, 2.75) is 46.2 Å². The Balaban J connectivity index is 2.20. The maximum Gasteiger partial charge on any atom is 0.124 e. The SMILES string of the molecule is CC(C)N(CCC1=c2c(O)cccc2=NC1)C(C)C. The number of rotatable bonds is 5. The van der Waals surface area contributed by atoms with Gasteiger partial charge in [-0.1, -0.05) is 6.07 Å². The summed E-state index contributed by atoms with van der Waals surface area (Å²) >= 11 is 0. The first-order chi connectivity index (χ1) is 9.00. The second kappa shape index (κ2) is 5.74. The van der Waals surface area contributed by atoms with Crippen LogP contribution >= 0.6 is 0 Å². The summed E-state index contributed by atoms with van der Waals surface area (Å²) in [7, 11) is 0. The van der Waals surface area contributed by atoms with E-state index < -0.39 is 0 Å². The lowest BCUT2D eigenvalue weighted by Crippen LogP contribution is -2.38. The summed E-state index contributed by atoms with van der Waals surface area (Å²) in [5.74, 6) is 0.370. The molecular weight excluding hydrogens is 236 g/mol. The number of aromatic hydroxyl groups is 1. The van der Waals surface area contributed by atoms with Crippen molar-refractivity contribution in [2.75, 3.05) is 13.1 Å². The van der Waals surface area contributed by atoms with Crippen molar-refractivity contribution < 1.29 is 5.11 Å². The first kappa shape index (κ1) is 14.1. The van der Waals surface area contributed by atoms with Gasteiger partial charge in [0.15, 0.2) is 0 Å². The molecule has 0 saturated heterocycles. The molecular formula is C16H24N2O. The molecule has 0 aliphatic carbocycles. The van der Waals surface area contributed by atoms with E-state index in [0.29, 0.717) is 17.8 Å². The maximum absolute atomic E-state index is 9.99. The van der Waals surface area contributed by atoms with Gasteiger partial charge in [0.05, 0.1) is 11.9 Å². The molecule has 0 aromatic heterocycles. The predicted octanol–water partition coefficient (Wildman–Crippen LogP) is 1.69. The lowest BCUT2D eigenvalue weighted by atomic mass is 10.1. The molecule has 2 rings (SSSR count). The minimum atomic E-state index is 0.370. The van der Waals surface area contributed by atoms with E-state index in [1.807, 2.05) is 12.1 Å². The first-order valence-electron chi connectivity index (χ1n) is 7.11. The van der Waals surface area contributed by atoms with Crippen molar-refractivity contribution in [3.8, 4) is 5.75 Å². The third kappa shape index (κ3) is 2.98. The van der Waals surface area contributed by atoms with E-state index in [4.69, 9.17) is 0 Å². The van der Waals surface area contributed by atoms with Gasteiger partial charge in [0.1, 0.15) is 5.75 Å². The quantitative estimate of drug-likeness (QED) is 0.874. The number of phenols is 1. The van der Waals surface area contributed by atoms with Crippen LogP contribution in [0.4, 0.5) is 0 Å². The summed E-state index contributed by atoms with van der Waals surface area (Å²) in [4.78, 5) is 6.97. The molecule has 1 aromatic carbocycles. The highest BCUT2D eigenvalue weighted by Crippen LogP contribution is 2.13. The molecule has 1 aliphatic rings. The fourth-order valence-corrected chi connectivity index (χ4v) is 2.86. The van der Waals surface area contributed by atoms with Crippen LogP contribution in [-0.4, -0.2) is 35.2 Å². The van der Waals surface area contributed by atoms with Gasteiger partial charge in [-0.05, 0) is 51.8 Å². The van der Waals surface area contributed by atoms with E-state index in [1.54, 1.807) is 6.07 Å². The monoisotopic (exact) mass is 260 g/mol. The number of hydrogen-bond acceptors (Lipinski definition) is 3. The lowest BCUT2D eigenvalue weighted by Gasteiger charge is -2.30. The van der Waals surface area contributed by atoms with Crippen LogP contribution in [-0.2, 0) is 0 Å². The van der Waals surface area contributed by atoms with Gasteiger partial charge in [-0.3, -0.25) is 9.89 Å². The molecule has 104 valence electrons. The van der Waals surface area contributed by atoms with E-state index in [-0.39, 0.29) is 0 Å². The zero-order chi connectivity index (χ0) is 14.0. The van der Waals surface area contributed by atoms with Crippen LogP contribution in [0.15, 0.2) is 23.2 Å². The van der Waals surface area contributed by atoms with Crippen LogP contribution < -0.4 is 10.6 Å². The summed E-state index contributed by atoms with van der Waals surface area (Å²) in [5, 5.41) is 11.9. The highest BCUT2D eigenvalue weighted by Gasteiger charge is 2.16. The molecule has 3 heteroatoms. The summed E-state index contributed by atoms with van der Waals surface area (Å²) in [6, 6.07) is 6.67. The van der Waals surface area contributed by atoms with Crippen molar-refractivity contribution >= 4 is 5.57 Å². The highest BCUT2D eigenvalue weighted by molar-refractivity contribution is 5.52. The summed E-state index contributed by atoms with van der Waals surface area (Å²) in [5.41, 5.74) is 1.26. The van der Waals surface area contributed by atoms with Gasteiger partial charge in [-0.25, -0.2) is 0 Å². The van der Waals surface area contributed by atoms with E-state index in [1.165, 1.54) is 5.57 Å². The molecule has 0 spiro atoms. The average molecular weight is 260 g/mol. The Labute approximate surface area is 115 Å². The third-order valence-corrected chi connectivity index (χ3v) is 3.81. The Morgan fingerprint density at radius 1 is 1.21 bits per heavy atom. The highest BCUT2D eigenvalue weighted by atomic mass is 16.3. The standard InChI is InChI=1S/C16H24N2O/c1-11(2)18(12(3)4)9-8-13-10-17-14-6-5-7-15(19)16(13)14/h5-7,11-12,19H,8-10H2,1-4H3. The molecule has 0 amide bonds. The minimum Gasteiger partial charge on any atom is -0.507 e.